The van der Waals surface area contributed by atoms with Gasteiger partial charge in [-0.1, -0.05) is 327 Å². The zero-order valence-corrected chi connectivity index (χ0v) is 53.4. The van der Waals surface area contributed by atoms with Crippen LogP contribution in [0.1, 0.15) is 354 Å². The number of carbonyl (C=O) groups excluding carboxylic acids is 1. The second-order valence-electron chi connectivity index (χ2n) is 24.9. The van der Waals surface area contributed by atoms with Crippen molar-refractivity contribution < 1.29 is 32.9 Å². The van der Waals surface area contributed by atoms with E-state index < -0.39 is 20.0 Å². The highest BCUT2D eigenvalue weighted by Crippen LogP contribution is 2.43. The van der Waals surface area contributed by atoms with Crippen LogP contribution in [0.4, 0.5) is 0 Å². The summed E-state index contributed by atoms with van der Waals surface area (Å²) in [6, 6.07) is -0.760. The molecule has 0 aromatic carbocycles. The number of likely N-dealkylation sites (N-methyl/N-ethyl adjacent to an activating group) is 1. The molecule has 0 aliphatic heterocycles. The Morgan fingerprint density at radius 1 is 0.442 bits per heavy atom. The molecule has 3 N–H and O–H groups in total. The number of quaternary nitrogens is 1. The van der Waals surface area contributed by atoms with E-state index in [1.165, 1.54) is 283 Å². The third-order valence-electron chi connectivity index (χ3n) is 16.0. The zero-order valence-electron chi connectivity index (χ0n) is 52.5. The fourth-order valence-corrected chi connectivity index (χ4v) is 11.3. The highest BCUT2D eigenvalue weighted by atomic mass is 31.2. The molecule has 0 heterocycles. The molecule has 0 aromatic rings. The molecule has 0 rings (SSSR count). The first-order valence-electron chi connectivity index (χ1n) is 34.2. The largest absolute Gasteiger partial charge is 0.472 e. The Labute approximate surface area is 481 Å². The normalized spacial score (nSPS) is 13.8. The summed E-state index contributed by atoms with van der Waals surface area (Å²) in [5.74, 6) is -0.138. The molecule has 0 radical (unpaired) electrons. The van der Waals surface area contributed by atoms with Crippen molar-refractivity contribution in [3.8, 4) is 0 Å². The lowest BCUT2D eigenvalue weighted by Gasteiger charge is -2.26. The number of rotatable bonds is 64. The van der Waals surface area contributed by atoms with Crippen molar-refractivity contribution in [2.24, 2.45) is 0 Å². The van der Waals surface area contributed by atoms with E-state index in [1.54, 1.807) is 0 Å². The number of nitrogens with one attached hydrogen (secondary N) is 1. The number of phosphoric ester groups is 1. The second-order valence-corrected chi connectivity index (χ2v) is 26.4. The molecule has 1 amide bonds. The summed E-state index contributed by atoms with van der Waals surface area (Å²) < 4.78 is 23.9. The molecule has 0 aliphatic rings. The van der Waals surface area contributed by atoms with Crippen molar-refractivity contribution in [2.45, 2.75) is 366 Å². The molecule has 9 heteroatoms. The number of aliphatic hydroxyl groups is 1. The van der Waals surface area contributed by atoms with Gasteiger partial charge >= 0.3 is 7.82 Å². The molecule has 0 saturated carbocycles. The molecular weight excluding hydrogens is 972 g/mol. The van der Waals surface area contributed by atoms with Gasteiger partial charge in [0.05, 0.1) is 39.9 Å². The van der Waals surface area contributed by atoms with Crippen molar-refractivity contribution >= 4 is 13.7 Å². The summed E-state index contributed by atoms with van der Waals surface area (Å²) in [7, 11) is 1.63. The summed E-state index contributed by atoms with van der Waals surface area (Å²) >= 11 is 0. The first-order chi connectivity index (χ1) is 37.5. The van der Waals surface area contributed by atoms with Gasteiger partial charge in [0.15, 0.2) is 0 Å². The molecule has 0 fully saturated rings. The monoisotopic (exact) mass is 1110 g/mol. The van der Waals surface area contributed by atoms with Crippen LogP contribution in [0.25, 0.3) is 0 Å². The molecule has 8 nitrogen and oxygen atoms in total. The molecule has 3 unspecified atom stereocenters. The number of hydrogen-bond donors (Lipinski definition) is 3. The highest BCUT2D eigenvalue weighted by molar-refractivity contribution is 7.47. The number of carbonyl (C=O) groups is 1. The van der Waals surface area contributed by atoms with Crippen LogP contribution in [0, 0.1) is 0 Å². The van der Waals surface area contributed by atoms with Crippen molar-refractivity contribution in [3.05, 3.63) is 24.3 Å². The lowest BCUT2D eigenvalue weighted by atomic mass is 10.0. The lowest BCUT2D eigenvalue weighted by molar-refractivity contribution is -0.870. The zero-order chi connectivity index (χ0) is 56.3. The summed E-state index contributed by atoms with van der Waals surface area (Å²) in [6.45, 7) is 4.95. The second kappa shape index (κ2) is 59.6. The van der Waals surface area contributed by atoms with E-state index in [9.17, 15) is 19.4 Å². The first-order valence-corrected chi connectivity index (χ1v) is 35.7. The van der Waals surface area contributed by atoms with E-state index in [1.807, 2.05) is 21.1 Å². The maximum absolute atomic E-state index is 13.1. The summed E-state index contributed by atoms with van der Waals surface area (Å²) in [4.78, 5) is 23.4. The van der Waals surface area contributed by atoms with E-state index in [0.29, 0.717) is 23.9 Å². The quantitative estimate of drug-likeness (QED) is 0.0243. The van der Waals surface area contributed by atoms with Gasteiger partial charge in [-0.2, -0.15) is 0 Å². The molecule has 77 heavy (non-hydrogen) atoms. The summed E-state index contributed by atoms with van der Waals surface area (Å²) in [5, 5.41) is 14.1. The van der Waals surface area contributed by atoms with Gasteiger partial charge < -0.3 is 19.8 Å². The predicted octanol–water partition coefficient (Wildman–Crippen LogP) is 21.5. The Morgan fingerprint density at radius 2 is 0.740 bits per heavy atom. The molecule has 0 aliphatic carbocycles. The SMILES string of the molecule is CCCCCCCCCCC/C=C\C/C=C\CCCCCCCCCCCCCCCCCC(=O)NC(COP(=O)(O)OCC[N+](C)(C)C)C(O)CCCCCCCCCCCCCCCCCCCCCCCCCC. The fourth-order valence-electron chi connectivity index (χ4n) is 10.6. The number of allylic oxidation sites excluding steroid dienone is 4. The first kappa shape index (κ1) is 76.0. The van der Waals surface area contributed by atoms with Gasteiger partial charge in [0.25, 0.3) is 0 Å². The van der Waals surface area contributed by atoms with E-state index in [4.69, 9.17) is 9.05 Å². The van der Waals surface area contributed by atoms with E-state index in [0.717, 1.165) is 44.9 Å². The third-order valence-corrected chi connectivity index (χ3v) is 16.9. The van der Waals surface area contributed by atoms with Gasteiger partial charge in [-0.25, -0.2) is 4.57 Å². The average molecular weight is 1110 g/mol. The van der Waals surface area contributed by atoms with Crippen molar-refractivity contribution in [2.75, 3.05) is 40.9 Å². The standard InChI is InChI=1S/C68H135N2O6P/c1-6-8-10-12-14-16-18-20-22-24-26-28-30-32-33-34-35-36-37-38-40-42-44-46-48-50-52-54-56-58-60-62-68(72)69-66(65-76-77(73,74)75-64-63-70(3,4)5)67(71)61-59-57-55-53-51-49-47-45-43-41-39-31-29-27-25-23-21-19-17-15-13-11-9-7-2/h26,28,32-33,66-67,71H,6-25,27,29-31,34-65H2,1-5H3,(H-,69,72,73,74)/p+1/b28-26-,33-32-. The molecular formula is C68H136N2O6P+. The van der Waals surface area contributed by atoms with Crippen molar-refractivity contribution in [1.29, 1.82) is 0 Å². The molecule has 0 saturated heterocycles. The third kappa shape index (κ3) is 62.4. The van der Waals surface area contributed by atoms with Gasteiger partial charge in [0.1, 0.15) is 13.2 Å². The molecule has 458 valence electrons. The number of nitrogens with zero attached hydrogens (tertiary/aromatic N) is 1. The van der Waals surface area contributed by atoms with Crippen LogP contribution in [0.3, 0.4) is 0 Å². The number of unbranched alkanes of at least 4 members (excludes halogenated alkanes) is 47. The number of phosphoric acid groups is 1. The van der Waals surface area contributed by atoms with Crippen LogP contribution in [0.2, 0.25) is 0 Å². The van der Waals surface area contributed by atoms with Crippen molar-refractivity contribution in [3.63, 3.8) is 0 Å². The van der Waals surface area contributed by atoms with Gasteiger partial charge in [0.2, 0.25) is 5.91 Å². The Kier molecular flexibility index (Phi) is 58.8. The van der Waals surface area contributed by atoms with Gasteiger partial charge in [-0.05, 0) is 44.9 Å². The van der Waals surface area contributed by atoms with Crippen LogP contribution >= 0.6 is 7.82 Å². The number of amides is 1. The van der Waals surface area contributed by atoms with Crippen LogP contribution < -0.4 is 5.32 Å². The molecule has 0 bridgehead atoms. The maximum atomic E-state index is 13.1. The molecule has 0 aromatic heterocycles. The molecule has 0 spiro atoms. The number of aliphatic hydroxyl groups excluding tert-OH is 1. The topological polar surface area (TPSA) is 105 Å². The smallest absolute Gasteiger partial charge is 0.391 e. The van der Waals surface area contributed by atoms with Crippen molar-refractivity contribution in [1.82, 2.24) is 5.32 Å². The fraction of sp³-hybridized carbons (Fsp3) is 0.926. The molecule has 3 atom stereocenters. The maximum Gasteiger partial charge on any atom is 0.472 e. The summed E-state index contributed by atoms with van der Waals surface area (Å²) in [6.07, 6.45) is 77.0. The van der Waals surface area contributed by atoms with Crippen LogP contribution in [0.5, 0.6) is 0 Å². The van der Waals surface area contributed by atoms with E-state index in [-0.39, 0.29) is 19.1 Å². The van der Waals surface area contributed by atoms with Crippen LogP contribution in [-0.4, -0.2) is 73.4 Å². The lowest BCUT2D eigenvalue weighted by Crippen LogP contribution is -2.46. The highest BCUT2D eigenvalue weighted by Gasteiger charge is 2.28. The summed E-state index contributed by atoms with van der Waals surface area (Å²) in [5.41, 5.74) is 0. The predicted molar refractivity (Wildman–Crippen MR) is 337 cm³/mol. The van der Waals surface area contributed by atoms with Crippen LogP contribution in [-0.2, 0) is 18.4 Å². The van der Waals surface area contributed by atoms with Crippen LogP contribution in [0.15, 0.2) is 24.3 Å². The minimum Gasteiger partial charge on any atom is -0.391 e. The van der Waals surface area contributed by atoms with Gasteiger partial charge in [-0.3, -0.25) is 13.8 Å². The van der Waals surface area contributed by atoms with E-state index >= 15 is 0 Å². The minimum absolute atomic E-state index is 0.0769. The van der Waals surface area contributed by atoms with Gasteiger partial charge in [-0.15, -0.1) is 0 Å². The number of hydrogen-bond acceptors (Lipinski definition) is 5. The Bertz CT molecular complexity index is 1300. The van der Waals surface area contributed by atoms with Gasteiger partial charge in [0, 0.05) is 6.42 Å². The average Bonchev–Trinajstić information content (AvgIpc) is 3.39. The Morgan fingerprint density at radius 3 is 1.06 bits per heavy atom. The Hall–Kier alpha value is -1.02. The van der Waals surface area contributed by atoms with E-state index in [2.05, 4.69) is 43.5 Å². The Balaban J connectivity index is 4.03. The minimum atomic E-state index is -4.33.